The first-order valence-corrected chi connectivity index (χ1v) is 12.5. The molecule has 10 nitrogen and oxygen atoms in total. The summed E-state index contributed by atoms with van der Waals surface area (Å²) in [5, 5.41) is 20.4. The molecule has 0 unspecified atom stereocenters. The number of carbonyl (C=O) groups is 2. The van der Waals surface area contributed by atoms with Gasteiger partial charge >= 0.3 is 5.69 Å². The topological polar surface area (TPSA) is 126 Å². The first kappa shape index (κ1) is 26.6. The molecule has 0 saturated carbocycles. The Bertz CT molecular complexity index is 1370. The van der Waals surface area contributed by atoms with Gasteiger partial charge in [0, 0.05) is 19.2 Å². The molecular weight excluding hydrogens is 486 g/mol. The van der Waals surface area contributed by atoms with Crippen molar-refractivity contribution in [1.82, 2.24) is 10.2 Å². The first-order valence-electron chi connectivity index (χ1n) is 12.5. The second-order valence-corrected chi connectivity index (χ2v) is 8.92. The number of nitro benzene ring substituents is 1. The third-order valence-corrected chi connectivity index (χ3v) is 6.58. The fraction of sp³-hybridized carbons (Fsp3) is 0.286. The van der Waals surface area contributed by atoms with Crippen LogP contribution in [0.3, 0.4) is 0 Å². The fourth-order valence-corrected chi connectivity index (χ4v) is 4.42. The van der Waals surface area contributed by atoms with Crippen LogP contribution in [-0.4, -0.2) is 54.9 Å². The molecule has 0 saturated heterocycles. The van der Waals surface area contributed by atoms with E-state index in [4.69, 9.17) is 4.74 Å². The molecule has 0 spiro atoms. The molecule has 4 rings (SSSR count). The van der Waals surface area contributed by atoms with Crippen molar-refractivity contribution < 1.29 is 19.2 Å². The van der Waals surface area contributed by atoms with E-state index < -0.39 is 4.92 Å². The molecule has 198 valence electrons. The van der Waals surface area contributed by atoms with Gasteiger partial charge in [0.15, 0.2) is 5.75 Å². The van der Waals surface area contributed by atoms with Gasteiger partial charge in [-0.05, 0) is 66.2 Å². The molecule has 1 aliphatic rings. The number of anilines is 3. The number of carbonyl (C=O) groups excluding carboxylic acids is 2. The molecule has 38 heavy (non-hydrogen) atoms. The van der Waals surface area contributed by atoms with Crippen molar-refractivity contribution in [3.63, 3.8) is 0 Å². The van der Waals surface area contributed by atoms with Crippen LogP contribution in [0.2, 0.25) is 0 Å². The van der Waals surface area contributed by atoms with E-state index in [-0.39, 0.29) is 29.7 Å². The van der Waals surface area contributed by atoms with Crippen LogP contribution in [0.4, 0.5) is 22.7 Å². The van der Waals surface area contributed by atoms with Gasteiger partial charge in [-0.15, -0.1) is 0 Å². The Kier molecular flexibility index (Phi) is 8.22. The number of methoxy groups -OCH3 is 1. The van der Waals surface area contributed by atoms with Crippen molar-refractivity contribution in [1.29, 1.82) is 0 Å². The van der Waals surface area contributed by atoms with Crippen LogP contribution in [0.1, 0.15) is 29.8 Å². The molecule has 0 aliphatic carbocycles. The van der Waals surface area contributed by atoms with E-state index in [1.807, 2.05) is 18.2 Å². The van der Waals surface area contributed by atoms with E-state index in [9.17, 15) is 19.7 Å². The van der Waals surface area contributed by atoms with Crippen LogP contribution in [-0.2, 0) is 11.2 Å². The minimum absolute atomic E-state index is 0.0727. The average Bonchev–Trinajstić information content (AvgIpc) is 3.05. The van der Waals surface area contributed by atoms with Gasteiger partial charge in [0.05, 0.1) is 41.1 Å². The second kappa shape index (κ2) is 11.7. The van der Waals surface area contributed by atoms with Crippen molar-refractivity contribution in [2.75, 3.05) is 43.9 Å². The molecule has 3 aromatic carbocycles. The van der Waals surface area contributed by atoms with E-state index in [2.05, 4.69) is 34.7 Å². The fourth-order valence-electron chi connectivity index (χ4n) is 4.42. The van der Waals surface area contributed by atoms with Gasteiger partial charge in [-0.3, -0.25) is 19.7 Å². The minimum Gasteiger partial charge on any atom is -0.490 e. The molecular formula is C28H31N5O5. The summed E-state index contributed by atoms with van der Waals surface area (Å²) in [5.41, 5.74) is 4.47. The molecule has 10 heteroatoms. The van der Waals surface area contributed by atoms with Crippen molar-refractivity contribution in [2.45, 2.75) is 20.3 Å². The molecule has 0 atom stereocenters. The zero-order valence-corrected chi connectivity index (χ0v) is 21.7. The first-order chi connectivity index (χ1) is 18.3. The summed E-state index contributed by atoms with van der Waals surface area (Å²) in [6.45, 7) is 7.45. The van der Waals surface area contributed by atoms with Crippen molar-refractivity contribution in [3.05, 3.63) is 75.8 Å². The van der Waals surface area contributed by atoms with Crippen molar-refractivity contribution in [3.8, 4) is 16.9 Å². The molecule has 3 aromatic rings. The third kappa shape index (κ3) is 5.92. The van der Waals surface area contributed by atoms with Crippen LogP contribution >= 0.6 is 0 Å². The van der Waals surface area contributed by atoms with E-state index >= 15 is 0 Å². The highest BCUT2D eigenvalue weighted by atomic mass is 16.6. The van der Waals surface area contributed by atoms with E-state index in [1.165, 1.54) is 13.2 Å². The molecule has 1 heterocycles. The Hall–Kier alpha value is -4.44. The van der Waals surface area contributed by atoms with E-state index in [0.717, 1.165) is 30.8 Å². The Morgan fingerprint density at radius 2 is 1.71 bits per heavy atom. The predicted molar refractivity (Wildman–Crippen MR) is 147 cm³/mol. The van der Waals surface area contributed by atoms with Gasteiger partial charge in [-0.25, -0.2) is 0 Å². The number of benzene rings is 3. The highest BCUT2D eigenvalue weighted by Gasteiger charge is 2.21. The molecule has 0 radical (unpaired) electrons. The Balaban J connectivity index is 1.52. The number of amides is 2. The highest BCUT2D eigenvalue weighted by Crippen LogP contribution is 2.37. The lowest BCUT2D eigenvalue weighted by molar-refractivity contribution is -0.385. The molecule has 2 amide bonds. The van der Waals surface area contributed by atoms with Gasteiger partial charge in [-0.2, -0.15) is 0 Å². The summed E-state index contributed by atoms with van der Waals surface area (Å²) in [5.74, 6) is -0.195. The lowest BCUT2D eigenvalue weighted by Gasteiger charge is -2.18. The minimum atomic E-state index is -0.493. The molecule has 0 bridgehead atoms. The van der Waals surface area contributed by atoms with Gasteiger partial charge in [-0.1, -0.05) is 26.0 Å². The summed E-state index contributed by atoms with van der Waals surface area (Å²) in [6, 6.07) is 15.5. The van der Waals surface area contributed by atoms with Crippen molar-refractivity contribution in [2.24, 2.45) is 0 Å². The second-order valence-electron chi connectivity index (χ2n) is 8.92. The molecule has 0 fully saturated rings. The van der Waals surface area contributed by atoms with Crippen LogP contribution < -0.4 is 20.7 Å². The molecule has 0 aromatic heterocycles. The lowest BCUT2D eigenvalue weighted by Crippen LogP contribution is -2.35. The van der Waals surface area contributed by atoms with Crippen LogP contribution in [0, 0.1) is 10.1 Å². The number of nitro groups is 1. The normalized spacial score (nSPS) is 12.1. The monoisotopic (exact) mass is 517 g/mol. The van der Waals surface area contributed by atoms with E-state index in [1.54, 1.807) is 30.3 Å². The maximum Gasteiger partial charge on any atom is 0.310 e. The lowest BCUT2D eigenvalue weighted by atomic mass is 10.0. The van der Waals surface area contributed by atoms with E-state index in [0.29, 0.717) is 34.7 Å². The Morgan fingerprint density at radius 1 is 0.974 bits per heavy atom. The van der Waals surface area contributed by atoms with Crippen LogP contribution in [0.25, 0.3) is 11.1 Å². The number of fused-ring (bicyclic) bond motifs is 2. The van der Waals surface area contributed by atoms with Crippen LogP contribution in [0.5, 0.6) is 5.75 Å². The number of likely N-dealkylation sites (N-methyl/N-ethyl adjacent to an activating group) is 1. The number of hydrogen-bond acceptors (Lipinski definition) is 7. The molecule has 3 N–H and O–H groups in total. The largest absolute Gasteiger partial charge is 0.490 e. The number of nitrogens with zero attached hydrogens (tertiary/aromatic N) is 2. The third-order valence-electron chi connectivity index (χ3n) is 6.58. The number of nitrogens with one attached hydrogen (secondary N) is 3. The summed E-state index contributed by atoms with van der Waals surface area (Å²) in [4.78, 5) is 38.4. The quantitative estimate of drug-likeness (QED) is 0.265. The standard InChI is InChI=1S/C28H31N5O5/c1-4-32(5-2)13-12-29-27(34)15-18-6-10-22-24(14-18)31-28(35)21-9-7-19(16-23(21)30-22)20-8-11-25(33(36)37)26(17-20)38-3/h6-11,14,16-17,30H,4-5,12-13,15H2,1-3H3,(H,29,34)(H,31,35). The van der Waals surface area contributed by atoms with Crippen molar-refractivity contribution >= 4 is 34.6 Å². The van der Waals surface area contributed by atoms with Gasteiger partial charge < -0.3 is 25.6 Å². The smallest absolute Gasteiger partial charge is 0.310 e. The summed E-state index contributed by atoms with van der Waals surface area (Å²) in [6.07, 6.45) is 0.209. The van der Waals surface area contributed by atoms with Gasteiger partial charge in [0.25, 0.3) is 5.91 Å². The SMILES string of the molecule is CCN(CC)CCNC(=O)Cc1ccc2c(c1)NC(=O)c1ccc(-c3ccc([N+](=O)[O-])c(OC)c3)cc1N2. The maximum absolute atomic E-state index is 13.0. The zero-order chi connectivity index (χ0) is 27.2. The maximum atomic E-state index is 13.0. The summed E-state index contributed by atoms with van der Waals surface area (Å²) >= 11 is 0. The molecule has 1 aliphatic heterocycles. The summed E-state index contributed by atoms with van der Waals surface area (Å²) in [7, 11) is 1.39. The number of rotatable bonds is 10. The van der Waals surface area contributed by atoms with Crippen LogP contribution in [0.15, 0.2) is 54.6 Å². The van der Waals surface area contributed by atoms with Gasteiger partial charge in [0.1, 0.15) is 0 Å². The highest BCUT2D eigenvalue weighted by molar-refractivity contribution is 6.12. The Morgan fingerprint density at radius 3 is 2.42 bits per heavy atom. The Labute approximate surface area is 221 Å². The number of hydrogen-bond donors (Lipinski definition) is 3. The number of ether oxygens (including phenoxy) is 1. The average molecular weight is 518 g/mol. The predicted octanol–water partition coefficient (Wildman–Crippen LogP) is 4.58. The zero-order valence-electron chi connectivity index (χ0n) is 21.7. The van der Waals surface area contributed by atoms with Gasteiger partial charge in [0.2, 0.25) is 5.91 Å². The summed E-state index contributed by atoms with van der Waals surface area (Å²) < 4.78 is 5.19.